The molecule has 1 amide bonds. The van der Waals surface area contributed by atoms with E-state index < -0.39 is 5.91 Å². The van der Waals surface area contributed by atoms with Crippen molar-refractivity contribution < 1.29 is 4.79 Å². The Balaban J connectivity index is 2.13. The van der Waals surface area contributed by atoms with E-state index in [1.165, 1.54) is 25.7 Å². The van der Waals surface area contributed by atoms with Gasteiger partial charge in [-0.15, -0.1) is 0 Å². The Hall–Kier alpha value is -1.75. The van der Waals surface area contributed by atoms with Crippen LogP contribution in [0, 0.1) is 0 Å². The third kappa shape index (κ3) is 2.88. The van der Waals surface area contributed by atoms with Crippen LogP contribution >= 0.6 is 0 Å². The van der Waals surface area contributed by atoms with Gasteiger partial charge in [-0.3, -0.25) is 4.79 Å². The monoisotopic (exact) mass is 276 g/mol. The van der Waals surface area contributed by atoms with E-state index in [0.29, 0.717) is 11.3 Å². The molecule has 1 aromatic carbocycles. The van der Waals surface area contributed by atoms with Crippen molar-refractivity contribution in [2.75, 3.05) is 31.7 Å². The quantitative estimate of drug-likeness (QED) is 0.714. The van der Waals surface area contributed by atoms with Gasteiger partial charge in [0.05, 0.1) is 11.4 Å². The number of rotatable bonds is 5. The van der Waals surface area contributed by atoms with Crippen molar-refractivity contribution >= 4 is 17.3 Å². The van der Waals surface area contributed by atoms with Crippen LogP contribution in [-0.4, -0.2) is 37.0 Å². The van der Waals surface area contributed by atoms with Gasteiger partial charge in [0.15, 0.2) is 0 Å². The molecule has 20 heavy (non-hydrogen) atoms. The topological polar surface area (TPSA) is 84.4 Å². The second-order valence-corrected chi connectivity index (χ2v) is 5.85. The molecule has 1 aliphatic rings. The fraction of sp³-hybridized carbons (Fsp3) is 0.533. The van der Waals surface area contributed by atoms with Crippen molar-refractivity contribution in [2.45, 2.75) is 31.2 Å². The van der Waals surface area contributed by atoms with Crippen LogP contribution in [0.3, 0.4) is 0 Å². The lowest BCUT2D eigenvalue weighted by Gasteiger charge is -2.37. The molecule has 5 heteroatoms. The molecule has 0 radical (unpaired) electrons. The average molecular weight is 276 g/mol. The molecule has 2 rings (SSSR count). The zero-order valence-corrected chi connectivity index (χ0v) is 12.3. The van der Waals surface area contributed by atoms with Crippen LogP contribution in [0.5, 0.6) is 0 Å². The van der Waals surface area contributed by atoms with E-state index in [2.05, 4.69) is 24.3 Å². The molecule has 0 heterocycles. The van der Waals surface area contributed by atoms with Crippen LogP contribution in [0.1, 0.15) is 36.0 Å². The zero-order valence-electron chi connectivity index (χ0n) is 12.3. The van der Waals surface area contributed by atoms with Gasteiger partial charge in [-0.25, -0.2) is 0 Å². The van der Waals surface area contributed by atoms with Crippen molar-refractivity contribution in [3.05, 3.63) is 23.8 Å². The molecular formula is C15H24N4O. The zero-order chi connectivity index (χ0) is 14.8. The lowest BCUT2D eigenvalue weighted by atomic mass is 9.95. The Morgan fingerprint density at radius 3 is 2.55 bits per heavy atom. The third-order valence-corrected chi connectivity index (χ3v) is 4.43. The van der Waals surface area contributed by atoms with Gasteiger partial charge >= 0.3 is 0 Å². The summed E-state index contributed by atoms with van der Waals surface area (Å²) < 4.78 is 0. The molecule has 0 atom stereocenters. The summed E-state index contributed by atoms with van der Waals surface area (Å²) in [6.07, 6.45) is 4.89. The van der Waals surface area contributed by atoms with Crippen molar-refractivity contribution in [3.63, 3.8) is 0 Å². The number of nitrogens with one attached hydrogen (secondary N) is 1. The van der Waals surface area contributed by atoms with E-state index in [-0.39, 0.29) is 5.54 Å². The number of likely N-dealkylation sites (N-methyl/N-ethyl adjacent to an activating group) is 1. The molecule has 1 aromatic rings. The second kappa shape index (κ2) is 5.71. The fourth-order valence-corrected chi connectivity index (χ4v) is 2.94. The minimum Gasteiger partial charge on any atom is -0.397 e. The largest absolute Gasteiger partial charge is 0.397 e. The summed E-state index contributed by atoms with van der Waals surface area (Å²) in [6, 6.07) is 5.11. The molecule has 1 aliphatic carbocycles. The van der Waals surface area contributed by atoms with Crippen LogP contribution in [0.4, 0.5) is 11.4 Å². The highest BCUT2D eigenvalue weighted by molar-refractivity contribution is 5.94. The number of amides is 1. The first-order valence-electron chi connectivity index (χ1n) is 7.05. The number of anilines is 2. The summed E-state index contributed by atoms with van der Waals surface area (Å²) in [6.45, 7) is 0.826. The number of hydrogen-bond donors (Lipinski definition) is 3. The number of nitrogens with two attached hydrogens (primary N) is 2. The Labute approximate surface area is 120 Å². The fourth-order valence-electron chi connectivity index (χ4n) is 2.94. The van der Waals surface area contributed by atoms with Crippen LogP contribution in [0.25, 0.3) is 0 Å². The molecule has 5 nitrogen and oxygen atoms in total. The second-order valence-electron chi connectivity index (χ2n) is 5.85. The van der Waals surface area contributed by atoms with E-state index >= 15 is 0 Å². The minimum atomic E-state index is -0.434. The average Bonchev–Trinajstić information content (AvgIpc) is 2.87. The molecule has 0 unspecified atom stereocenters. The smallest absolute Gasteiger partial charge is 0.248 e. The van der Waals surface area contributed by atoms with Gasteiger partial charge in [0, 0.05) is 17.6 Å². The predicted molar refractivity (Wildman–Crippen MR) is 82.7 cm³/mol. The number of carbonyl (C=O) groups excluding carboxylic acids is 1. The standard InChI is InChI=1S/C15H24N4O/c1-19(2)15(7-3-4-8-15)10-18-13-9-11(14(17)20)5-6-12(13)16/h5-6,9,18H,3-4,7-8,10,16H2,1-2H3,(H2,17,20). The van der Waals surface area contributed by atoms with Crippen molar-refractivity contribution in [1.82, 2.24) is 4.90 Å². The van der Waals surface area contributed by atoms with Crippen LogP contribution in [0.2, 0.25) is 0 Å². The van der Waals surface area contributed by atoms with Crippen LogP contribution in [-0.2, 0) is 0 Å². The van der Waals surface area contributed by atoms with Gasteiger partial charge < -0.3 is 21.7 Å². The molecule has 5 N–H and O–H groups in total. The summed E-state index contributed by atoms with van der Waals surface area (Å²) >= 11 is 0. The lowest BCUT2D eigenvalue weighted by molar-refractivity contribution is 0.100. The first-order valence-corrected chi connectivity index (χ1v) is 7.05. The number of carbonyl (C=O) groups is 1. The highest BCUT2D eigenvalue weighted by atomic mass is 16.1. The minimum absolute atomic E-state index is 0.176. The molecule has 0 bridgehead atoms. The summed E-state index contributed by atoms with van der Waals surface area (Å²) in [7, 11) is 4.24. The number of hydrogen-bond acceptors (Lipinski definition) is 4. The van der Waals surface area contributed by atoms with Crippen LogP contribution < -0.4 is 16.8 Å². The van der Waals surface area contributed by atoms with E-state index in [1.54, 1.807) is 18.2 Å². The number of benzene rings is 1. The molecule has 1 fully saturated rings. The van der Waals surface area contributed by atoms with Gasteiger partial charge in [-0.05, 0) is 45.1 Å². The maximum atomic E-state index is 11.2. The molecule has 110 valence electrons. The number of nitrogens with zero attached hydrogens (tertiary/aromatic N) is 1. The maximum Gasteiger partial charge on any atom is 0.248 e. The Bertz CT molecular complexity index is 493. The van der Waals surface area contributed by atoms with E-state index in [1.807, 2.05) is 0 Å². The lowest BCUT2D eigenvalue weighted by Crippen LogP contribution is -2.47. The summed E-state index contributed by atoms with van der Waals surface area (Å²) in [5.41, 5.74) is 13.4. The van der Waals surface area contributed by atoms with Gasteiger partial charge in [0.1, 0.15) is 0 Å². The molecule has 0 aliphatic heterocycles. The first kappa shape index (κ1) is 14.7. The highest BCUT2D eigenvalue weighted by Gasteiger charge is 2.35. The SMILES string of the molecule is CN(C)C1(CNc2cc(C(N)=O)ccc2N)CCCC1. The normalized spacial score (nSPS) is 17.4. The summed E-state index contributed by atoms with van der Waals surface area (Å²) in [5.74, 6) is -0.434. The molecular weight excluding hydrogens is 252 g/mol. The Morgan fingerprint density at radius 1 is 1.35 bits per heavy atom. The van der Waals surface area contributed by atoms with Gasteiger partial charge in [0.2, 0.25) is 5.91 Å². The van der Waals surface area contributed by atoms with Crippen LogP contribution in [0.15, 0.2) is 18.2 Å². The highest BCUT2D eigenvalue weighted by Crippen LogP contribution is 2.34. The van der Waals surface area contributed by atoms with Gasteiger partial charge in [0.25, 0.3) is 0 Å². The maximum absolute atomic E-state index is 11.2. The third-order valence-electron chi connectivity index (χ3n) is 4.43. The van der Waals surface area contributed by atoms with Crippen molar-refractivity contribution in [2.24, 2.45) is 5.73 Å². The first-order chi connectivity index (χ1) is 9.44. The Morgan fingerprint density at radius 2 is 2.00 bits per heavy atom. The summed E-state index contributed by atoms with van der Waals surface area (Å²) in [5, 5.41) is 3.40. The van der Waals surface area contributed by atoms with E-state index in [4.69, 9.17) is 11.5 Å². The van der Waals surface area contributed by atoms with E-state index in [9.17, 15) is 4.79 Å². The summed E-state index contributed by atoms with van der Waals surface area (Å²) in [4.78, 5) is 13.5. The Kier molecular flexibility index (Phi) is 4.18. The van der Waals surface area contributed by atoms with Crippen molar-refractivity contribution in [3.8, 4) is 0 Å². The molecule has 0 aromatic heterocycles. The molecule has 0 spiro atoms. The van der Waals surface area contributed by atoms with Gasteiger partial charge in [-0.2, -0.15) is 0 Å². The van der Waals surface area contributed by atoms with Gasteiger partial charge in [-0.1, -0.05) is 12.8 Å². The molecule has 1 saturated carbocycles. The number of primary amides is 1. The van der Waals surface area contributed by atoms with Crippen molar-refractivity contribution in [1.29, 1.82) is 0 Å². The van der Waals surface area contributed by atoms with E-state index in [0.717, 1.165) is 12.2 Å². The molecule has 0 saturated heterocycles. The number of nitrogen functional groups attached to an aromatic ring is 1. The predicted octanol–water partition coefficient (Wildman–Crippen LogP) is 1.65.